The quantitative estimate of drug-likeness (QED) is 0.200. The van der Waals surface area contributed by atoms with Crippen LogP contribution in [-0.2, 0) is 14.3 Å². The molecule has 12 atom stereocenters. The van der Waals surface area contributed by atoms with Gasteiger partial charge in [-0.25, -0.2) is 0 Å². The maximum atomic E-state index is 14.2. The maximum absolute atomic E-state index is 14.2. The zero-order chi connectivity index (χ0) is 32.6. The number of ether oxygens (including phenoxy) is 1. The van der Waals surface area contributed by atoms with Gasteiger partial charge in [-0.05, 0) is 125 Å². The van der Waals surface area contributed by atoms with Crippen LogP contribution in [0.4, 0.5) is 0 Å². The Morgan fingerprint density at radius 1 is 0.957 bits per heavy atom. The van der Waals surface area contributed by atoms with Gasteiger partial charge < -0.3 is 26.0 Å². The average molecular weight is 641 g/mol. The molecule has 6 unspecified atom stereocenters. The van der Waals surface area contributed by atoms with Crippen LogP contribution in [0, 0.1) is 71.0 Å². The van der Waals surface area contributed by atoms with E-state index in [0.717, 1.165) is 70.8 Å². The van der Waals surface area contributed by atoms with E-state index in [1.165, 1.54) is 32.1 Å². The molecule has 3 saturated carbocycles. The van der Waals surface area contributed by atoms with E-state index in [1.54, 1.807) is 7.11 Å². The molecule has 4 aliphatic carbocycles. The number of carbonyl (C=O) groups excluding carboxylic acids is 2. The predicted octanol–water partition coefficient (Wildman–Crippen LogP) is 5.64. The van der Waals surface area contributed by atoms with Gasteiger partial charge in [-0.2, -0.15) is 0 Å². The minimum atomic E-state index is -0.509. The molecule has 0 spiro atoms. The second-order valence-corrected chi connectivity index (χ2v) is 16.1. The van der Waals surface area contributed by atoms with Crippen molar-refractivity contribution >= 4 is 11.6 Å². The number of piperidine rings is 1. The van der Waals surface area contributed by atoms with Gasteiger partial charge in [-0.1, -0.05) is 44.4 Å². The summed E-state index contributed by atoms with van der Waals surface area (Å²) in [6.07, 6.45) is 15.8. The lowest BCUT2D eigenvalue weighted by molar-refractivity contribution is -0.131. The molecule has 0 aromatic heterocycles. The molecule has 5 N–H and O–H groups in total. The van der Waals surface area contributed by atoms with E-state index in [9.17, 15) is 19.8 Å². The summed E-state index contributed by atoms with van der Waals surface area (Å²) < 4.78 is 5.72. The van der Waals surface area contributed by atoms with Crippen LogP contribution in [0.15, 0.2) is 0 Å². The van der Waals surface area contributed by atoms with Crippen molar-refractivity contribution in [1.82, 2.24) is 5.32 Å². The summed E-state index contributed by atoms with van der Waals surface area (Å²) in [4.78, 5) is 27.6. The Morgan fingerprint density at radius 2 is 1.76 bits per heavy atom. The first-order valence-electron chi connectivity index (χ1n) is 19.2. The molecule has 0 bridgehead atoms. The van der Waals surface area contributed by atoms with Crippen LogP contribution in [0.2, 0.25) is 0 Å². The Kier molecular flexibility index (Phi) is 13.6. The smallest absolute Gasteiger partial charge is 0.144 e. The topological polar surface area (TPSA) is 122 Å². The Balaban J connectivity index is 1.52. The number of aliphatic hydroxyl groups excluding tert-OH is 2. The fraction of sp³-hybridized carbons (Fsp3) is 0.897. The lowest BCUT2D eigenvalue weighted by Crippen LogP contribution is -2.44. The van der Waals surface area contributed by atoms with E-state index >= 15 is 0 Å². The molecule has 1 aliphatic heterocycles. The van der Waals surface area contributed by atoms with Crippen LogP contribution >= 0.6 is 0 Å². The van der Waals surface area contributed by atoms with Crippen molar-refractivity contribution < 1.29 is 24.5 Å². The van der Waals surface area contributed by atoms with E-state index in [-0.39, 0.29) is 78.3 Å². The third-order valence-corrected chi connectivity index (χ3v) is 13.1. The second-order valence-electron chi connectivity index (χ2n) is 16.1. The summed E-state index contributed by atoms with van der Waals surface area (Å²) in [6, 6.07) is 0. The molecule has 0 radical (unpaired) electrons. The van der Waals surface area contributed by atoms with Crippen LogP contribution in [0.5, 0.6) is 0 Å². The van der Waals surface area contributed by atoms with Gasteiger partial charge in [0.1, 0.15) is 11.6 Å². The number of nitrogens with two attached hydrogens (primary N) is 1. The molecule has 46 heavy (non-hydrogen) atoms. The average Bonchev–Trinajstić information content (AvgIpc) is 3.22. The van der Waals surface area contributed by atoms with E-state index < -0.39 is 6.10 Å². The van der Waals surface area contributed by atoms with E-state index in [2.05, 4.69) is 24.1 Å². The SMILES string of the molecule is CCC[C@H](CO)[C@@H]1C[C@H](CC2CCNC(N)C2)C[C@H]2C#C[C@H](C3CCCCC3)C3CC(O)C(OC)CC3CCC(=O)CC(=O)[C@H]2C1. The molecule has 7 heteroatoms. The molecule has 5 rings (SSSR count). The molecule has 0 aromatic rings. The number of fused-ring (bicyclic) bond motifs is 2. The first-order valence-corrected chi connectivity index (χ1v) is 19.2. The number of hydrogen-bond donors (Lipinski definition) is 4. The fourth-order valence-corrected chi connectivity index (χ4v) is 10.6. The van der Waals surface area contributed by atoms with Crippen molar-refractivity contribution in [1.29, 1.82) is 0 Å². The fourth-order valence-electron chi connectivity index (χ4n) is 10.6. The Morgan fingerprint density at radius 3 is 2.48 bits per heavy atom. The molecule has 0 aromatic carbocycles. The Hall–Kier alpha value is -1.30. The summed E-state index contributed by atoms with van der Waals surface area (Å²) in [5, 5.41) is 25.1. The highest BCUT2D eigenvalue weighted by atomic mass is 16.5. The minimum Gasteiger partial charge on any atom is -0.396 e. The largest absolute Gasteiger partial charge is 0.396 e. The van der Waals surface area contributed by atoms with Crippen molar-refractivity contribution in [2.45, 2.75) is 141 Å². The Bertz CT molecular complexity index is 1050. The van der Waals surface area contributed by atoms with Crippen molar-refractivity contribution in [2.24, 2.45) is 64.9 Å². The first kappa shape index (κ1) is 36.0. The first-order chi connectivity index (χ1) is 22.3. The third kappa shape index (κ3) is 9.23. The number of ketones is 2. The van der Waals surface area contributed by atoms with Gasteiger partial charge in [-0.15, -0.1) is 0 Å². The van der Waals surface area contributed by atoms with Crippen LogP contribution in [0.25, 0.3) is 0 Å². The van der Waals surface area contributed by atoms with Crippen molar-refractivity contribution in [3.8, 4) is 11.8 Å². The van der Waals surface area contributed by atoms with Gasteiger partial charge in [0.15, 0.2) is 0 Å². The van der Waals surface area contributed by atoms with Crippen LogP contribution in [0.1, 0.15) is 122 Å². The second kappa shape index (κ2) is 17.4. The molecule has 7 nitrogen and oxygen atoms in total. The van der Waals surface area contributed by atoms with Gasteiger partial charge in [0.05, 0.1) is 24.8 Å². The van der Waals surface area contributed by atoms with Gasteiger partial charge in [0, 0.05) is 37.9 Å². The van der Waals surface area contributed by atoms with Gasteiger partial charge >= 0.3 is 0 Å². The highest BCUT2D eigenvalue weighted by Gasteiger charge is 2.44. The molecule has 260 valence electrons. The number of rotatable bonds is 8. The summed E-state index contributed by atoms with van der Waals surface area (Å²) in [7, 11) is 1.68. The van der Waals surface area contributed by atoms with E-state index in [1.807, 2.05) is 0 Å². The van der Waals surface area contributed by atoms with Gasteiger partial charge in [0.2, 0.25) is 0 Å². The highest BCUT2D eigenvalue weighted by Crippen LogP contribution is 2.47. The lowest BCUT2D eigenvalue weighted by Gasteiger charge is -2.44. The van der Waals surface area contributed by atoms with Crippen LogP contribution in [-0.4, -0.2) is 60.4 Å². The van der Waals surface area contributed by atoms with Crippen LogP contribution in [0.3, 0.4) is 0 Å². The molecule has 0 amide bonds. The highest BCUT2D eigenvalue weighted by molar-refractivity contribution is 6.00. The standard InChI is InChI=1S/C39H64N2O5/c1-3-7-30(24-42)31-18-26(16-25-14-15-41-39(40)19-25)17-28-11-13-33(27-8-5-4-6-9-27)34-23-37(45)38(46-2)21-29(34)10-12-32(43)22-36(44)35(28)20-31/h25-31,33-35,37-39,41-42,45H,3-10,12,14-24,40H2,1-2H3/t25?,26-,28-,29?,30-,31-,33-,34?,35+,37?,38?,39?/m1/s1. The number of carbonyl (C=O) groups is 2. The molecular weight excluding hydrogens is 576 g/mol. The zero-order valence-corrected chi connectivity index (χ0v) is 28.8. The van der Waals surface area contributed by atoms with Crippen LogP contribution < -0.4 is 11.1 Å². The third-order valence-electron chi connectivity index (χ3n) is 13.1. The number of methoxy groups -OCH3 is 1. The predicted molar refractivity (Wildman–Crippen MR) is 181 cm³/mol. The van der Waals surface area contributed by atoms with E-state index in [0.29, 0.717) is 30.6 Å². The summed E-state index contributed by atoms with van der Waals surface area (Å²) in [5.74, 6) is 10.1. The lowest BCUT2D eigenvalue weighted by atomic mass is 9.63. The van der Waals surface area contributed by atoms with Gasteiger partial charge in [0.25, 0.3) is 0 Å². The minimum absolute atomic E-state index is 0.000717. The number of Topliss-reactive ketones (excluding diaryl/α,β-unsaturated/α-hetero) is 2. The number of hydrogen-bond acceptors (Lipinski definition) is 7. The summed E-state index contributed by atoms with van der Waals surface area (Å²) in [6.45, 7) is 3.28. The maximum Gasteiger partial charge on any atom is 0.144 e. The zero-order valence-electron chi connectivity index (χ0n) is 28.8. The van der Waals surface area contributed by atoms with Crippen molar-refractivity contribution in [2.75, 3.05) is 20.3 Å². The van der Waals surface area contributed by atoms with Crippen molar-refractivity contribution in [3.05, 3.63) is 0 Å². The normalized spacial score (nSPS) is 40.7. The molecular formula is C39H64N2O5. The molecule has 4 fully saturated rings. The van der Waals surface area contributed by atoms with Crippen molar-refractivity contribution in [3.63, 3.8) is 0 Å². The number of aliphatic hydroxyl groups is 2. The number of nitrogens with one attached hydrogen (secondary N) is 1. The molecule has 1 heterocycles. The van der Waals surface area contributed by atoms with E-state index in [4.69, 9.17) is 10.5 Å². The molecule has 1 saturated heterocycles. The Labute approximate surface area is 278 Å². The monoisotopic (exact) mass is 640 g/mol. The molecule has 5 aliphatic rings. The van der Waals surface area contributed by atoms with Gasteiger partial charge in [-0.3, -0.25) is 9.59 Å². The summed E-state index contributed by atoms with van der Waals surface area (Å²) >= 11 is 0. The summed E-state index contributed by atoms with van der Waals surface area (Å²) in [5.41, 5.74) is 6.33.